The highest BCUT2D eigenvalue weighted by Gasteiger charge is 2.24. The molecule has 1 fully saturated rings. The molecule has 2 nitrogen and oxygen atoms in total. The minimum Gasteiger partial charge on any atom is -0.330 e. The van der Waals surface area contributed by atoms with E-state index in [1.165, 1.54) is 38.6 Å². The van der Waals surface area contributed by atoms with Crippen molar-refractivity contribution in [3.05, 3.63) is 0 Å². The fourth-order valence-corrected chi connectivity index (χ4v) is 2.80. The predicted molar refractivity (Wildman–Crippen MR) is 67.0 cm³/mol. The first-order valence-corrected chi connectivity index (χ1v) is 6.45. The third-order valence-corrected chi connectivity index (χ3v) is 3.70. The maximum Gasteiger partial charge on any atom is 0.00924 e. The van der Waals surface area contributed by atoms with E-state index in [1.807, 2.05) is 0 Å². The first-order chi connectivity index (χ1) is 7.05. The molecule has 0 heterocycles. The molecule has 0 atom stereocenters. The molecule has 2 heteroatoms. The van der Waals surface area contributed by atoms with Gasteiger partial charge >= 0.3 is 0 Å². The molecular formula is C13H28N2. The SMILES string of the molecule is CN(CC(C)(C)CCN)C1CCCCC1. The standard InChI is InChI=1S/C13H28N2/c1-13(2,9-10-14)11-15(3)12-7-5-4-6-8-12/h12H,4-11,14H2,1-3H3. The van der Waals surface area contributed by atoms with E-state index in [4.69, 9.17) is 5.73 Å². The molecule has 0 amide bonds. The van der Waals surface area contributed by atoms with Crippen molar-refractivity contribution >= 4 is 0 Å². The van der Waals surface area contributed by atoms with Crippen LogP contribution in [0.3, 0.4) is 0 Å². The van der Waals surface area contributed by atoms with Gasteiger partial charge in [-0.15, -0.1) is 0 Å². The summed E-state index contributed by atoms with van der Waals surface area (Å²) in [6, 6.07) is 0.829. The summed E-state index contributed by atoms with van der Waals surface area (Å²) in [6.45, 7) is 6.67. The van der Waals surface area contributed by atoms with Crippen LogP contribution in [0.4, 0.5) is 0 Å². The lowest BCUT2D eigenvalue weighted by Crippen LogP contribution is -2.40. The molecule has 0 saturated heterocycles. The van der Waals surface area contributed by atoms with Gasteiger partial charge in [0.15, 0.2) is 0 Å². The summed E-state index contributed by atoms with van der Waals surface area (Å²) in [6.07, 6.45) is 8.21. The number of nitrogens with two attached hydrogens (primary N) is 1. The van der Waals surface area contributed by atoms with E-state index in [1.54, 1.807) is 0 Å². The Hall–Kier alpha value is -0.0800. The highest BCUT2D eigenvalue weighted by atomic mass is 15.1. The maximum absolute atomic E-state index is 5.65. The fourth-order valence-electron chi connectivity index (χ4n) is 2.80. The van der Waals surface area contributed by atoms with Gasteiger partial charge in [-0.05, 0) is 38.3 Å². The lowest BCUT2D eigenvalue weighted by molar-refractivity contribution is 0.128. The van der Waals surface area contributed by atoms with Crippen LogP contribution < -0.4 is 5.73 Å². The summed E-state index contributed by atoms with van der Waals surface area (Å²) in [5.41, 5.74) is 6.03. The first-order valence-electron chi connectivity index (χ1n) is 6.45. The van der Waals surface area contributed by atoms with E-state index in [-0.39, 0.29) is 0 Å². The van der Waals surface area contributed by atoms with Gasteiger partial charge in [-0.25, -0.2) is 0 Å². The average molecular weight is 212 g/mol. The zero-order valence-electron chi connectivity index (χ0n) is 10.8. The lowest BCUT2D eigenvalue weighted by Gasteiger charge is -2.37. The van der Waals surface area contributed by atoms with Crippen molar-refractivity contribution in [1.82, 2.24) is 4.90 Å². The van der Waals surface area contributed by atoms with Gasteiger partial charge in [0, 0.05) is 12.6 Å². The molecule has 0 aromatic heterocycles. The van der Waals surface area contributed by atoms with Gasteiger partial charge in [0.05, 0.1) is 0 Å². The van der Waals surface area contributed by atoms with E-state index in [9.17, 15) is 0 Å². The third kappa shape index (κ3) is 4.52. The second kappa shape index (κ2) is 5.86. The van der Waals surface area contributed by atoms with Crippen molar-refractivity contribution in [3.8, 4) is 0 Å². The van der Waals surface area contributed by atoms with E-state index in [0.717, 1.165) is 19.0 Å². The Morgan fingerprint density at radius 1 is 1.20 bits per heavy atom. The first kappa shape index (κ1) is 13.0. The summed E-state index contributed by atoms with van der Waals surface area (Å²) < 4.78 is 0. The molecule has 0 aliphatic heterocycles. The van der Waals surface area contributed by atoms with E-state index >= 15 is 0 Å². The highest BCUT2D eigenvalue weighted by Crippen LogP contribution is 2.26. The van der Waals surface area contributed by atoms with Gasteiger partial charge in [-0.3, -0.25) is 0 Å². The monoisotopic (exact) mass is 212 g/mol. The highest BCUT2D eigenvalue weighted by molar-refractivity contribution is 4.79. The van der Waals surface area contributed by atoms with Gasteiger partial charge in [0.2, 0.25) is 0 Å². The zero-order chi connectivity index (χ0) is 11.3. The van der Waals surface area contributed by atoms with Crippen LogP contribution in [0, 0.1) is 5.41 Å². The molecule has 1 rings (SSSR count). The van der Waals surface area contributed by atoms with Gasteiger partial charge in [0.1, 0.15) is 0 Å². The van der Waals surface area contributed by atoms with Crippen LogP contribution in [0.15, 0.2) is 0 Å². The van der Waals surface area contributed by atoms with Crippen LogP contribution in [0.25, 0.3) is 0 Å². The largest absolute Gasteiger partial charge is 0.330 e. The Kier molecular flexibility index (Phi) is 5.07. The molecule has 2 N–H and O–H groups in total. The molecule has 0 aromatic rings. The second-order valence-corrected chi connectivity index (χ2v) is 5.91. The molecule has 0 spiro atoms. The quantitative estimate of drug-likeness (QED) is 0.759. The number of hydrogen-bond donors (Lipinski definition) is 1. The fraction of sp³-hybridized carbons (Fsp3) is 1.00. The van der Waals surface area contributed by atoms with Gasteiger partial charge in [-0.1, -0.05) is 33.1 Å². The van der Waals surface area contributed by atoms with Crippen molar-refractivity contribution in [1.29, 1.82) is 0 Å². The normalized spacial score (nSPS) is 19.8. The molecule has 90 valence electrons. The Bertz CT molecular complexity index is 171. The van der Waals surface area contributed by atoms with Crippen LogP contribution in [-0.2, 0) is 0 Å². The van der Waals surface area contributed by atoms with Crippen molar-refractivity contribution < 1.29 is 0 Å². The van der Waals surface area contributed by atoms with Crippen molar-refractivity contribution in [2.75, 3.05) is 20.1 Å². The Morgan fingerprint density at radius 3 is 2.33 bits per heavy atom. The minimum atomic E-state index is 0.376. The van der Waals surface area contributed by atoms with Crippen molar-refractivity contribution in [3.63, 3.8) is 0 Å². The smallest absolute Gasteiger partial charge is 0.00924 e. The van der Waals surface area contributed by atoms with Crippen LogP contribution in [0.5, 0.6) is 0 Å². The van der Waals surface area contributed by atoms with Crippen LogP contribution in [0.1, 0.15) is 52.4 Å². The predicted octanol–water partition coefficient (Wildman–Crippen LogP) is 2.63. The van der Waals surface area contributed by atoms with E-state index in [2.05, 4.69) is 25.8 Å². The number of nitrogens with zero attached hydrogens (tertiary/aromatic N) is 1. The molecular weight excluding hydrogens is 184 g/mol. The summed E-state index contributed by atoms with van der Waals surface area (Å²) in [7, 11) is 2.29. The van der Waals surface area contributed by atoms with Gasteiger partial charge < -0.3 is 10.6 Å². The molecule has 0 unspecified atom stereocenters. The van der Waals surface area contributed by atoms with Gasteiger partial charge in [0.25, 0.3) is 0 Å². The van der Waals surface area contributed by atoms with E-state index < -0.39 is 0 Å². The molecule has 0 bridgehead atoms. The molecule has 1 aliphatic rings. The van der Waals surface area contributed by atoms with E-state index in [0.29, 0.717) is 5.41 Å². The molecule has 1 saturated carbocycles. The average Bonchev–Trinajstić information content (AvgIpc) is 2.18. The molecule has 15 heavy (non-hydrogen) atoms. The molecule has 0 aromatic carbocycles. The Balaban J connectivity index is 2.35. The Morgan fingerprint density at radius 2 is 1.80 bits per heavy atom. The summed E-state index contributed by atoms with van der Waals surface area (Å²) in [4.78, 5) is 2.56. The minimum absolute atomic E-state index is 0.376. The summed E-state index contributed by atoms with van der Waals surface area (Å²) >= 11 is 0. The van der Waals surface area contributed by atoms with Gasteiger partial charge in [-0.2, -0.15) is 0 Å². The number of rotatable bonds is 5. The maximum atomic E-state index is 5.65. The topological polar surface area (TPSA) is 29.3 Å². The Labute approximate surface area is 95.2 Å². The lowest BCUT2D eigenvalue weighted by atomic mass is 9.87. The van der Waals surface area contributed by atoms with Crippen LogP contribution in [0.2, 0.25) is 0 Å². The second-order valence-electron chi connectivity index (χ2n) is 5.91. The third-order valence-electron chi connectivity index (χ3n) is 3.70. The summed E-state index contributed by atoms with van der Waals surface area (Å²) in [5, 5.41) is 0. The number of hydrogen-bond acceptors (Lipinski definition) is 2. The molecule has 1 aliphatic carbocycles. The van der Waals surface area contributed by atoms with Crippen LogP contribution in [-0.4, -0.2) is 31.1 Å². The van der Waals surface area contributed by atoms with Crippen molar-refractivity contribution in [2.24, 2.45) is 11.1 Å². The summed E-state index contributed by atoms with van der Waals surface area (Å²) in [5.74, 6) is 0. The van der Waals surface area contributed by atoms with Crippen molar-refractivity contribution in [2.45, 2.75) is 58.4 Å². The molecule has 0 radical (unpaired) electrons. The zero-order valence-corrected chi connectivity index (χ0v) is 10.8. The van der Waals surface area contributed by atoms with Crippen LogP contribution >= 0.6 is 0 Å².